The molecule has 2 N–H and O–H groups in total. The van der Waals surface area contributed by atoms with Gasteiger partial charge in [-0.05, 0) is 82.1 Å². The van der Waals surface area contributed by atoms with Crippen molar-refractivity contribution in [3.8, 4) is 17.3 Å². The number of carbonyl (C=O) groups excluding carboxylic acids is 1. The molecule has 4 aliphatic rings. The second-order valence-corrected chi connectivity index (χ2v) is 15.1. The number of amides is 1. The largest absolute Gasteiger partial charge is 0.482 e. The van der Waals surface area contributed by atoms with Gasteiger partial charge in [-0.1, -0.05) is 6.42 Å². The van der Waals surface area contributed by atoms with Gasteiger partial charge in [-0.3, -0.25) is 13.5 Å². The lowest BCUT2D eigenvalue weighted by Crippen LogP contribution is -2.40. The number of anilines is 1. The van der Waals surface area contributed by atoms with E-state index in [9.17, 15) is 13.2 Å². The SMILES string of the molecule is COc1cc(C(=O)N2[C@H]3CC[C@@H]2[C@H](N)C3)cc2nc(-c3cc4ccc(N5CCCCCS5(=O)=O)nc4n3CC3CC3)c(C)n12. The molecular weight excluding hydrogens is 578 g/mol. The van der Waals surface area contributed by atoms with E-state index in [0.717, 1.165) is 79.6 Å². The number of pyridine rings is 2. The molecule has 7 heterocycles. The Bertz CT molecular complexity index is 1910. The summed E-state index contributed by atoms with van der Waals surface area (Å²) >= 11 is 0. The fourth-order valence-corrected chi connectivity index (χ4v) is 9.30. The maximum atomic E-state index is 13.8. The second-order valence-electron chi connectivity index (χ2n) is 13.1. The molecule has 1 saturated carbocycles. The highest BCUT2D eigenvalue weighted by atomic mass is 32.2. The summed E-state index contributed by atoms with van der Waals surface area (Å²) in [6.07, 6.45) is 7.53. The van der Waals surface area contributed by atoms with Crippen molar-refractivity contribution >= 4 is 38.4 Å². The van der Waals surface area contributed by atoms with Crippen LogP contribution in [0.15, 0.2) is 30.3 Å². The second kappa shape index (κ2) is 10.2. The van der Waals surface area contributed by atoms with Crippen LogP contribution in [0.1, 0.15) is 67.4 Å². The number of sulfonamides is 1. The quantitative estimate of drug-likeness (QED) is 0.345. The van der Waals surface area contributed by atoms with E-state index in [4.69, 9.17) is 20.4 Å². The van der Waals surface area contributed by atoms with Crippen LogP contribution in [-0.4, -0.2) is 75.7 Å². The zero-order chi connectivity index (χ0) is 30.3. The van der Waals surface area contributed by atoms with Gasteiger partial charge in [-0.2, -0.15) is 0 Å². The van der Waals surface area contributed by atoms with Crippen molar-refractivity contribution in [2.75, 3.05) is 23.7 Å². The van der Waals surface area contributed by atoms with E-state index in [0.29, 0.717) is 41.8 Å². The van der Waals surface area contributed by atoms with Crippen molar-refractivity contribution in [2.24, 2.45) is 11.7 Å². The van der Waals surface area contributed by atoms with E-state index in [1.807, 2.05) is 40.5 Å². The van der Waals surface area contributed by atoms with Gasteiger partial charge in [0.1, 0.15) is 22.8 Å². The fourth-order valence-electron chi connectivity index (χ4n) is 7.71. The topological polar surface area (TPSA) is 128 Å². The van der Waals surface area contributed by atoms with Crippen molar-refractivity contribution < 1.29 is 17.9 Å². The molecule has 8 rings (SSSR count). The van der Waals surface area contributed by atoms with Crippen LogP contribution in [0.2, 0.25) is 0 Å². The van der Waals surface area contributed by atoms with Gasteiger partial charge in [0.05, 0.1) is 24.3 Å². The number of carbonyl (C=O) groups is 1. The minimum absolute atomic E-state index is 0.0171. The highest BCUT2D eigenvalue weighted by Gasteiger charge is 2.47. The first-order valence-electron chi connectivity index (χ1n) is 15.9. The smallest absolute Gasteiger partial charge is 0.254 e. The lowest BCUT2D eigenvalue weighted by atomic mass is 9.97. The summed E-state index contributed by atoms with van der Waals surface area (Å²) in [6, 6.07) is 9.89. The zero-order valence-electron chi connectivity index (χ0n) is 25.3. The van der Waals surface area contributed by atoms with Crippen molar-refractivity contribution in [3.05, 3.63) is 41.6 Å². The summed E-state index contributed by atoms with van der Waals surface area (Å²) in [5.74, 6) is 1.72. The summed E-state index contributed by atoms with van der Waals surface area (Å²) in [4.78, 5) is 25.8. The Hall–Kier alpha value is -3.64. The normalized spacial score (nSPS) is 24.8. The maximum absolute atomic E-state index is 13.8. The number of ether oxygens (including phenoxy) is 1. The summed E-state index contributed by atoms with van der Waals surface area (Å²) in [5.41, 5.74) is 10.9. The number of methoxy groups -OCH3 is 1. The highest BCUT2D eigenvalue weighted by Crippen LogP contribution is 2.40. The first-order valence-corrected chi connectivity index (χ1v) is 17.5. The Morgan fingerprint density at radius 2 is 1.91 bits per heavy atom. The first kappa shape index (κ1) is 27.9. The molecule has 0 radical (unpaired) electrons. The predicted molar refractivity (Wildman–Crippen MR) is 168 cm³/mol. The van der Waals surface area contributed by atoms with Crippen LogP contribution < -0.4 is 14.8 Å². The number of fused-ring (bicyclic) bond motifs is 4. The van der Waals surface area contributed by atoms with Gasteiger partial charge in [-0.15, -0.1) is 0 Å². The van der Waals surface area contributed by atoms with Crippen LogP contribution >= 0.6 is 0 Å². The van der Waals surface area contributed by atoms with Gasteiger partial charge in [0.25, 0.3) is 5.91 Å². The number of hydrogen-bond acceptors (Lipinski definition) is 7. The molecule has 44 heavy (non-hydrogen) atoms. The lowest BCUT2D eigenvalue weighted by molar-refractivity contribution is 0.0726. The molecule has 4 fully saturated rings. The zero-order valence-corrected chi connectivity index (χ0v) is 26.1. The highest BCUT2D eigenvalue weighted by molar-refractivity contribution is 7.92. The number of nitrogens with zero attached hydrogens (tertiary/aromatic N) is 6. The van der Waals surface area contributed by atoms with Crippen LogP contribution in [0.25, 0.3) is 28.1 Å². The number of aryl methyl sites for hydroxylation is 1. The number of hydrogen-bond donors (Lipinski definition) is 1. The molecular formula is C32H39N7O4S. The fraction of sp³-hybridized carbons (Fsp3) is 0.531. The van der Waals surface area contributed by atoms with E-state index in [-0.39, 0.29) is 29.8 Å². The van der Waals surface area contributed by atoms with E-state index >= 15 is 0 Å². The number of rotatable bonds is 6. The molecule has 12 heteroatoms. The van der Waals surface area contributed by atoms with Crippen molar-refractivity contribution in [1.82, 2.24) is 23.8 Å². The van der Waals surface area contributed by atoms with Crippen LogP contribution in [0.4, 0.5) is 5.82 Å². The van der Waals surface area contributed by atoms with Gasteiger partial charge < -0.3 is 19.9 Å². The third kappa shape index (κ3) is 4.40. The number of nitrogens with two attached hydrogens (primary N) is 1. The van der Waals surface area contributed by atoms with Gasteiger partial charge in [0, 0.05) is 48.2 Å². The van der Waals surface area contributed by atoms with Crippen LogP contribution in [0.5, 0.6) is 5.88 Å². The van der Waals surface area contributed by atoms with Gasteiger partial charge in [0.15, 0.2) is 5.88 Å². The lowest BCUT2D eigenvalue weighted by Gasteiger charge is -2.23. The molecule has 1 amide bonds. The molecule has 3 atom stereocenters. The molecule has 4 aromatic rings. The maximum Gasteiger partial charge on any atom is 0.254 e. The summed E-state index contributed by atoms with van der Waals surface area (Å²) < 4.78 is 37.6. The van der Waals surface area contributed by atoms with E-state index in [1.165, 1.54) is 4.31 Å². The Balaban J connectivity index is 1.24. The minimum atomic E-state index is -3.41. The summed E-state index contributed by atoms with van der Waals surface area (Å²) in [5, 5.41) is 0.941. The Labute approximate surface area is 257 Å². The van der Waals surface area contributed by atoms with E-state index < -0.39 is 10.0 Å². The first-order chi connectivity index (χ1) is 21.2. The molecule has 3 saturated heterocycles. The molecule has 2 bridgehead atoms. The Morgan fingerprint density at radius 1 is 1.07 bits per heavy atom. The molecule has 0 aromatic carbocycles. The molecule has 0 spiro atoms. The molecule has 11 nitrogen and oxygen atoms in total. The predicted octanol–water partition coefficient (Wildman–Crippen LogP) is 4.10. The van der Waals surface area contributed by atoms with Crippen LogP contribution in [0, 0.1) is 12.8 Å². The number of imidazole rings is 1. The van der Waals surface area contributed by atoms with Gasteiger partial charge in [-0.25, -0.2) is 18.4 Å². The molecule has 232 valence electrons. The van der Waals surface area contributed by atoms with Gasteiger partial charge >= 0.3 is 0 Å². The summed E-state index contributed by atoms with van der Waals surface area (Å²) in [7, 11) is -1.80. The van der Waals surface area contributed by atoms with Crippen molar-refractivity contribution in [2.45, 2.75) is 83.0 Å². The van der Waals surface area contributed by atoms with Crippen molar-refractivity contribution in [1.29, 1.82) is 0 Å². The van der Waals surface area contributed by atoms with E-state index in [2.05, 4.69) is 10.6 Å². The van der Waals surface area contributed by atoms with E-state index in [1.54, 1.807) is 7.11 Å². The standard InChI is InChI=1S/C32H39N7O4S/c1-19-30(34-28-15-22(16-29(43-2)38(19)28)32(40)39-23-9-10-25(39)24(33)17-23)26-14-21-8-11-27(35-31(21)36(26)18-20-6-7-20)37-12-4-3-5-13-44(37,41)42/h8,11,14-16,20,23-25H,3-7,9-10,12-13,17-18,33H2,1-2H3/t23-,24+,25+/m0/s1. The average Bonchev–Trinajstić information content (AvgIpc) is 3.42. The molecule has 3 aliphatic heterocycles. The van der Waals surface area contributed by atoms with Gasteiger partial charge in [0.2, 0.25) is 10.0 Å². The minimum Gasteiger partial charge on any atom is -0.482 e. The Morgan fingerprint density at radius 3 is 2.64 bits per heavy atom. The van der Waals surface area contributed by atoms with Crippen molar-refractivity contribution in [3.63, 3.8) is 0 Å². The monoisotopic (exact) mass is 617 g/mol. The van der Waals surface area contributed by atoms with Crippen LogP contribution in [0.3, 0.4) is 0 Å². The molecule has 1 aliphatic carbocycles. The Kier molecular flexibility index (Phi) is 6.46. The third-order valence-corrected chi connectivity index (χ3v) is 12.0. The third-order valence-electron chi connectivity index (χ3n) is 10.2. The average molecular weight is 618 g/mol. The summed E-state index contributed by atoms with van der Waals surface area (Å²) in [6.45, 7) is 3.25. The molecule has 0 unspecified atom stereocenters. The number of aromatic nitrogens is 4. The van der Waals surface area contributed by atoms with Crippen LogP contribution in [-0.2, 0) is 16.6 Å². The molecule has 4 aromatic heterocycles.